The molecule has 11 nitrogen and oxygen atoms in total. The van der Waals surface area contributed by atoms with Crippen molar-refractivity contribution < 1.29 is 22.7 Å². The standard InChI is InChI=1S/C45H56N6O5S/c1-29(2)57(54,55)47-44(52)31-16-18-38-40(26-31)50-28-33(24-32-25-36(56-3)17-19-37(32)43(50)41(38)30-10-5-4-6-11-30)42-39(27-46-51(42)35-14-9-15-35)45(53)49-22-20-48(21-23-49)34-12-7-8-13-34/h16-19,24-27,29-30,34-35H,4-15,20-23,28H2,1-3H3,(H,47,52). The van der Waals surface area contributed by atoms with Gasteiger partial charge in [0.15, 0.2) is 0 Å². The minimum atomic E-state index is -3.83. The molecule has 12 heteroatoms. The van der Waals surface area contributed by atoms with Crippen LogP contribution in [0.2, 0.25) is 0 Å². The first-order chi connectivity index (χ1) is 27.6. The van der Waals surface area contributed by atoms with Crippen LogP contribution in [0.15, 0.2) is 42.6 Å². The van der Waals surface area contributed by atoms with Gasteiger partial charge in [-0.3, -0.25) is 19.2 Å². The summed E-state index contributed by atoms with van der Waals surface area (Å²) >= 11 is 0. The van der Waals surface area contributed by atoms with Crippen LogP contribution in [0.25, 0.3) is 33.8 Å². The van der Waals surface area contributed by atoms with E-state index in [0.29, 0.717) is 42.7 Å². The largest absolute Gasteiger partial charge is 0.497 e. The molecule has 3 saturated carbocycles. The molecule has 2 amide bonds. The Morgan fingerprint density at radius 3 is 2.25 bits per heavy atom. The molecular formula is C45H56N6O5S. The molecule has 57 heavy (non-hydrogen) atoms. The first-order valence-corrected chi connectivity index (χ1v) is 22.9. The van der Waals surface area contributed by atoms with Crippen molar-refractivity contribution in [2.24, 2.45) is 0 Å². The summed E-state index contributed by atoms with van der Waals surface area (Å²) in [5.74, 6) is 0.472. The first-order valence-electron chi connectivity index (χ1n) is 21.3. The van der Waals surface area contributed by atoms with Crippen LogP contribution in [0.3, 0.4) is 0 Å². The molecule has 2 aromatic heterocycles. The van der Waals surface area contributed by atoms with E-state index >= 15 is 0 Å². The third kappa shape index (κ3) is 7.00. The molecule has 3 aliphatic carbocycles. The number of benzene rings is 2. The Bertz CT molecular complexity index is 2330. The molecule has 1 N–H and O–H groups in total. The number of hydrogen-bond acceptors (Lipinski definition) is 7. The Kier molecular flexibility index (Phi) is 10.3. The lowest BCUT2D eigenvalue weighted by atomic mass is 9.81. The van der Waals surface area contributed by atoms with Crippen molar-refractivity contribution in [1.82, 2.24) is 28.9 Å². The first kappa shape index (κ1) is 38.1. The highest BCUT2D eigenvalue weighted by molar-refractivity contribution is 7.90. The van der Waals surface area contributed by atoms with Crippen LogP contribution in [0, 0.1) is 0 Å². The van der Waals surface area contributed by atoms with Gasteiger partial charge in [0.2, 0.25) is 10.0 Å². The van der Waals surface area contributed by atoms with E-state index in [1.165, 1.54) is 37.7 Å². The van der Waals surface area contributed by atoms with Gasteiger partial charge in [0.25, 0.3) is 11.8 Å². The molecule has 302 valence electrons. The quantitative estimate of drug-likeness (QED) is 0.183. The highest BCUT2D eigenvalue weighted by Crippen LogP contribution is 2.48. The second-order valence-corrected chi connectivity index (χ2v) is 19.5. The van der Waals surface area contributed by atoms with Crippen LogP contribution in [0.4, 0.5) is 0 Å². The Balaban J connectivity index is 1.19. The minimum Gasteiger partial charge on any atom is -0.497 e. The molecule has 1 saturated heterocycles. The van der Waals surface area contributed by atoms with Crippen LogP contribution in [0.1, 0.15) is 140 Å². The molecule has 0 spiro atoms. The average Bonchev–Trinajstić information content (AvgIpc) is 3.93. The molecule has 4 aromatic rings. The minimum absolute atomic E-state index is 0.0310. The predicted octanol–water partition coefficient (Wildman–Crippen LogP) is 8.01. The summed E-state index contributed by atoms with van der Waals surface area (Å²) in [6.45, 7) is 6.77. The summed E-state index contributed by atoms with van der Waals surface area (Å²) in [7, 11) is -2.15. The number of piperazine rings is 1. The number of aromatic nitrogens is 3. The Morgan fingerprint density at radius 2 is 1.56 bits per heavy atom. The highest BCUT2D eigenvalue weighted by Gasteiger charge is 2.36. The molecule has 0 unspecified atom stereocenters. The molecular weight excluding hydrogens is 737 g/mol. The Morgan fingerprint density at radius 1 is 0.842 bits per heavy atom. The predicted molar refractivity (Wildman–Crippen MR) is 224 cm³/mol. The van der Waals surface area contributed by atoms with Crippen LogP contribution in [-0.2, 0) is 16.6 Å². The van der Waals surface area contributed by atoms with Crippen LogP contribution in [-0.4, -0.2) is 89.0 Å². The van der Waals surface area contributed by atoms with E-state index in [0.717, 1.165) is 103 Å². The summed E-state index contributed by atoms with van der Waals surface area (Å²) in [6, 6.07) is 12.8. The topological polar surface area (TPSA) is 119 Å². The summed E-state index contributed by atoms with van der Waals surface area (Å²) < 4.78 is 38.2. The number of ether oxygens (including phenoxy) is 1. The summed E-state index contributed by atoms with van der Waals surface area (Å²) in [6.07, 6.45) is 18.0. The van der Waals surface area contributed by atoms with Gasteiger partial charge in [-0.2, -0.15) is 5.10 Å². The van der Waals surface area contributed by atoms with Gasteiger partial charge in [-0.15, -0.1) is 0 Å². The molecule has 0 bridgehead atoms. The molecule has 4 fully saturated rings. The number of hydrogen-bond donors (Lipinski definition) is 1. The van der Waals surface area contributed by atoms with Crippen LogP contribution in [0.5, 0.6) is 5.75 Å². The van der Waals surface area contributed by atoms with Crippen molar-refractivity contribution in [3.8, 4) is 17.0 Å². The number of carbonyl (C=O) groups is 2. The number of allylic oxidation sites excluding steroid dienone is 1. The fourth-order valence-corrected chi connectivity index (χ4v) is 10.7. The lowest BCUT2D eigenvalue weighted by Crippen LogP contribution is -2.51. The SMILES string of the molecule is COc1ccc2c(c1)C=C(c1c(C(=O)N3CCN(C4CCCC4)CC3)cnn1C1CCC1)Cn1c-2c(C2CCCCC2)c2ccc(C(=O)NS(=O)(=O)C(C)C)cc21. The summed E-state index contributed by atoms with van der Waals surface area (Å²) in [5, 5.41) is 5.31. The monoisotopic (exact) mass is 792 g/mol. The van der Waals surface area contributed by atoms with Crippen LogP contribution < -0.4 is 9.46 Å². The van der Waals surface area contributed by atoms with E-state index in [2.05, 4.69) is 37.1 Å². The van der Waals surface area contributed by atoms with E-state index in [1.807, 2.05) is 23.1 Å². The summed E-state index contributed by atoms with van der Waals surface area (Å²) in [4.78, 5) is 33.0. The number of fused-ring (bicyclic) bond motifs is 5. The molecule has 0 radical (unpaired) electrons. The molecule has 2 aromatic carbocycles. The number of amides is 2. The van der Waals surface area contributed by atoms with Gasteiger partial charge in [0.05, 0.1) is 48.1 Å². The third-order valence-corrected chi connectivity index (χ3v) is 15.3. The zero-order chi connectivity index (χ0) is 39.4. The fourth-order valence-electron chi connectivity index (χ4n) is 10.1. The van der Waals surface area contributed by atoms with Crippen molar-refractivity contribution in [1.29, 1.82) is 0 Å². The van der Waals surface area contributed by atoms with Gasteiger partial charge in [-0.05, 0) is 118 Å². The van der Waals surface area contributed by atoms with Crippen LogP contribution >= 0.6 is 0 Å². The van der Waals surface area contributed by atoms with E-state index < -0.39 is 21.2 Å². The Labute approximate surface area is 336 Å². The van der Waals surface area contributed by atoms with Gasteiger partial charge < -0.3 is 14.2 Å². The number of nitrogens with one attached hydrogen (secondary N) is 1. The second-order valence-electron chi connectivity index (χ2n) is 17.3. The molecule has 4 heterocycles. The van der Waals surface area contributed by atoms with Gasteiger partial charge in [0.1, 0.15) is 5.75 Å². The van der Waals surface area contributed by atoms with Crippen molar-refractivity contribution in [3.05, 3.63) is 70.5 Å². The van der Waals surface area contributed by atoms with E-state index in [9.17, 15) is 18.0 Å². The molecule has 5 aliphatic rings. The lowest BCUT2D eigenvalue weighted by Gasteiger charge is -2.38. The number of sulfonamides is 1. The van der Waals surface area contributed by atoms with Crippen molar-refractivity contribution in [2.45, 2.75) is 121 Å². The van der Waals surface area contributed by atoms with E-state index in [1.54, 1.807) is 33.2 Å². The van der Waals surface area contributed by atoms with E-state index in [-0.39, 0.29) is 11.9 Å². The maximum atomic E-state index is 14.7. The number of methoxy groups -OCH3 is 1. The zero-order valence-corrected chi connectivity index (χ0v) is 34.5. The maximum absolute atomic E-state index is 14.7. The molecule has 2 aliphatic heterocycles. The van der Waals surface area contributed by atoms with Gasteiger partial charge in [-0.25, -0.2) is 13.1 Å². The smallest absolute Gasteiger partial charge is 0.264 e. The van der Waals surface area contributed by atoms with Gasteiger partial charge >= 0.3 is 0 Å². The number of nitrogens with zero attached hydrogens (tertiary/aromatic N) is 5. The van der Waals surface area contributed by atoms with Crippen molar-refractivity contribution in [3.63, 3.8) is 0 Å². The number of carbonyl (C=O) groups excluding carboxylic acids is 2. The molecule has 0 atom stereocenters. The third-order valence-electron chi connectivity index (χ3n) is 13.6. The highest BCUT2D eigenvalue weighted by atomic mass is 32.2. The Hall–Kier alpha value is -4.42. The maximum Gasteiger partial charge on any atom is 0.264 e. The second kappa shape index (κ2) is 15.4. The van der Waals surface area contributed by atoms with Gasteiger partial charge in [-0.1, -0.05) is 38.2 Å². The fraction of sp³-hybridized carbons (Fsp3) is 0.533. The normalized spacial score (nSPS) is 19.9. The van der Waals surface area contributed by atoms with Crippen molar-refractivity contribution >= 4 is 44.4 Å². The van der Waals surface area contributed by atoms with E-state index in [4.69, 9.17) is 9.84 Å². The van der Waals surface area contributed by atoms with Crippen molar-refractivity contribution in [2.75, 3.05) is 33.3 Å². The molecule has 9 rings (SSSR count). The summed E-state index contributed by atoms with van der Waals surface area (Å²) in [5.41, 5.74) is 8.11. The zero-order valence-electron chi connectivity index (χ0n) is 33.6. The van der Waals surface area contributed by atoms with Gasteiger partial charge in [0, 0.05) is 54.3 Å². The number of rotatable bonds is 9. The average molecular weight is 793 g/mol. The lowest BCUT2D eigenvalue weighted by molar-refractivity contribution is 0.0572.